The van der Waals surface area contributed by atoms with Crippen LogP contribution in [0.5, 0.6) is 0 Å². The third-order valence-electron chi connectivity index (χ3n) is 2.89. The highest BCUT2D eigenvalue weighted by Gasteiger charge is 2.16. The standard InChI is InChI=1S/C13H12N2S/c14-13-6-12(8-16-13)9-1-2-11-7-15-4-3-10(11)5-9/h1-7,12H,8,14H2. The van der Waals surface area contributed by atoms with E-state index >= 15 is 0 Å². The van der Waals surface area contributed by atoms with Crippen molar-refractivity contribution in [1.29, 1.82) is 0 Å². The molecule has 1 aliphatic heterocycles. The Hall–Kier alpha value is -1.48. The molecule has 0 fully saturated rings. The average molecular weight is 228 g/mol. The van der Waals surface area contributed by atoms with Gasteiger partial charge in [-0.05, 0) is 23.1 Å². The summed E-state index contributed by atoms with van der Waals surface area (Å²) < 4.78 is 0. The number of fused-ring (bicyclic) bond motifs is 1. The minimum absolute atomic E-state index is 0.461. The Morgan fingerprint density at radius 3 is 3.00 bits per heavy atom. The van der Waals surface area contributed by atoms with Gasteiger partial charge in [0.15, 0.2) is 0 Å². The van der Waals surface area contributed by atoms with Crippen LogP contribution in [0.2, 0.25) is 0 Å². The number of hydrogen-bond acceptors (Lipinski definition) is 3. The third-order valence-corrected chi connectivity index (χ3v) is 3.88. The van der Waals surface area contributed by atoms with Crippen molar-refractivity contribution in [2.45, 2.75) is 5.92 Å². The number of allylic oxidation sites excluding steroid dienone is 1. The second kappa shape index (κ2) is 3.83. The first-order valence-corrected chi connectivity index (χ1v) is 6.25. The molecule has 0 saturated heterocycles. The van der Waals surface area contributed by atoms with E-state index < -0.39 is 0 Å². The molecule has 3 heteroatoms. The second-order valence-electron chi connectivity index (χ2n) is 3.97. The van der Waals surface area contributed by atoms with Crippen molar-refractivity contribution >= 4 is 22.5 Å². The molecule has 3 rings (SSSR count). The minimum Gasteiger partial charge on any atom is -0.394 e. The topological polar surface area (TPSA) is 38.9 Å². The van der Waals surface area contributed by atoms with Crippen LogP contribution in [0.4, 0.5) is 0 Å². The molecular formula is C13H12N2S. The quantitative estimate of drug-likeness (QED) is 0.815. The normalized spacial score (nSPS) is 20.0. The molecule has 0 saturated carbocycles. The smallest absolute Gasteiger partial charge is 0.0621 e. The Balaban J connectivity index is 2.05. The molecule has 16 heavy (non-hydrogen) atoms. The Morgan fingerprint density at radius 1 is 1.25 bits per heavy atom. The van der Waals surface area contributed by atoms with E-state index in [4.69, 9.17) is 5.73 Å². The Morgan fingerprint density at radius 2 is 2.19 bits per heavy atom. The molecule has 0 spiro atoms. The van der Waals surface area contributed by atoms with Crippen LogP contribution in [-0.4, -0.2) is 10.7 Å². The van der Waals surface area contributed by atoms with Gasteiger partial charge in [0.2, 0.25) is 0 Å². The maximum Gasteiger partial charge on any atom is 0.0621 e. The third kappa shape index (κ3) is 1.67. The van der Waals surface area contributed by atoms with Crippen molar-refractivity contribution in [1.82, 2.24) is 4.98 Å². The number of benzene rings is 1. The molecule has 2 aromatic rings. The van der Waals surface area contributed by atoms with E-state index in [0.29, 0.717) is 5.92 Å². The van der Waals surface area contributed by atoms with Crippen LogP contribution in [-0.2, 0) is 0 Å². The lowest BCUT2D eigenvalue weighted by atomic mass is 9.98. The molecular weight excluding hydrogens is 216 g/mol. The van der Waals surface area contributed by atoms with Crippen molar-refractivity contribution < 1.29 is 0 Å². The lowest BCUT2D eigenvalue weighted by Gasteiger charge is -2.07. The van der Waals surface area contributed by atoms with Crippen LogP contribution in [0.25, 0.3) is 10.8 Å². The molecule has 2 nitrogen and oxygen atoms in total. The molecule has 2 heterocycles. The Kier molecular flexibility index (Phi) is 2.33. The number of nitrogens with two attached hydrogens (primary N) is 1. The molecule has 1 aromatic heterocycles. The van der Waals surface area contributed by atoms with E-state index in [-0.39, 0.29) is 0 Å². The predicted molar refractivity (Wildman–Crippen MR) is 69.2 cm³/mol. The van der Waals surface area contributed by atoms with Crippen LogP contribution in [0.1, 0.15) is 11.5 Å². The molecule has 2 N–H and O–H groups in total. The molecule has 0 bridgehead atoms. The van der Waals surface area contributed by atoms with Gasteiger partial charge in [-0.2, -0.15) is 0 Å². The SMILES string of the molecule is NC1=CC(c2ccc3cnccc3c2)CS1. The predicted octanol–water partition coefficient (Wildman–Crippen LogP) is 2.87. The summed E-state index contributed by atoms with van der Waals surface area (Å²) in [6, 6.07) is 8.58. The zero-order valence-electron chi connectivity index (χ0n) is 8.76. The molecule has 1 atom stereocenters. The number of aromatic nitrogens is 1. The van der Waals surface area contributed by atoms with E-state index in [9.17, 15) is 0 Å². The summed E-state index contributed by atoms with van der Waals surface area (Å²) in [5.41, 5.74) is 7.13. The van der Waals surface area contributed by atoms with E-state index in [0.717, 1.165) is 10.8 Å². The van der Waals surface area contributed by atoms with Crippen LogP contribution in [0, 0.1) is 0 Å². The number of hydrogen-bond donors (Lipinski definition) is 1. The van der Waals surface area contributed by atoms with Gasteiger partial charge in [-0.15, -0.1) is 11.8 Å². The van der Waals surface area contributed by atoms with Crippen molar-refractivity contribution in [3.8, 4) is 0 Å². The largest absolute Gasteiger partial charge is 0.394 e. The first kappa shape index (κ1) is 9.73. The second-order valence-corrected chi connectivity index (χ2v) is 5.06. The monoisotopic (exact) mass is 228 g/mol. The Labute approximate surface area is 98.6 Å². The Bertz CT molecular complexity index is 563. The molecule has 1 unspecified atom stereocenters. The molecule has 1 aromatic carbocycles. The average Bonchev–Trinajstić information content (AvgIpc) is 2.75. The van der Waals surface area contributed by atoms with E-state index in [1.54, 1.807) is 11.8 Å². The minimum atomic E-state index is 0.461. The number of thioether (sulfide) groups is 1. The van der Waals surface area contributed by atoms with Gasteiger partial charge >= 0.3 is 0 Å². The van der Waals surface area contributed by atoms with Crippen LogP contribution in [0.15, 0.2) is 47.8 Å². The zero-order valence-corrected chi connectivity index (χ0v) is 9.58. The molecule has 0 radical (unpaired) electrons. The summed E-state index contributed by atoms with van der Waals surface area (Å²) in [5, 5.41) is 3.38. The summed E-state index contributed by atoms with van der Waals surface area (Å²) in [7, 11) is 0. The fourth-order valence-corrected chi connectivity index (χ4v) is 2.93. The molecule has 0 aliphatic carbocycles. The summed E-state index contributed by atoms with van der Waals surface area (Å²) >= 11 is 1.73. The van der Waals surface area contributed by atoms with Crippen LogP contribution >= 0.6 is 11.8 Å². The lowest BCUT2D eigenvalue weighted by Crippen LogP contribution is -1.94. The summed E-state index contributed by atoms with van der Waals surface area (Å²) in [6.07, 6.45) is 5.87. The van der Waals surface area contributed by atoms with Gasteiger partial charge in [0, 0.05) is 29.5 Å². The van der Waals surface area contributed by atoms with Gasteiger partial charge in [-0.25, -0.2) is 0 Å². The first-order valence-electron chi connectivity index (χ1n) is 5.27. The first-order chi connectivity index (χ1) is 7.83. The van der Waals surface area contributed by atoms with Crippen LogP contribution < -0.4 is 5.73 Å². The fourth-order valence-electron chi connectivity index (χ4n) is 2.01. The van der Waals surface area contributed by atoms with E-state index in [2.05, 4.69) is 29.3 Å². The van der Waals surface area contributed by atoms with Gasteiger partial charge in [0.05, 0.1) is 5.03 Å². The van der Waals surface area contributed by atoms with E-state index in [1.807, 2.05) is 18.5 Å². The fraction of sp³-hybridized carbons (Fsp3) is 0.154. The maximum atomic E-state index is 5.79. The summed E-state index contributed by atoms with van der Waals surface area (Å²) in [4.78, 5) is 4.12. The zero-order chi connectivity index (χ0) is 11.0. The number of rotatable bonds is 1. The van der Waals surface area contributed by atoms with Crippen molar-refractivity contribution in [2.75, 3.05) is 5.75 Å². The molecule has 0 amide bonds. The number of pyridine rings is 1. The maximum absolute atomic E-state index is 5.79. The summed E-state index contributed by atoms with van der Waals surface area (Å²) in [6.45, 7) is 0. The molecule has 80 valence electrons. The highest BCUT2D eigenvalue weighted by Crippen LogP contribution is 2.33. The lowest BCUT2D eigenvalue weighted by molar-refractivity contribution is 0.998. The summed E-state index contributed by atoms with van der Waals surface area (Å²) in [5.74, 6) is 1.52. The van der Waals surface area contributed by atoms with Crippen molar-refractivity contribution in [2.24, 2.45) is 5.73 Å². The van der Waals surface area contributed by atoms with E-state index in [1.165, 1.54) is 16.3 Å². The highest BCUT2D eigenvalue weighted by atomic mass is 32.2. The number of nitrogens with zero attached hydrogens (tertiary/aromatic N) is 1. The van der Waals surface area contributed by atoms with Gasteiger partial charge < -0.3 is 5.73 Å². The van der Waals surface area contributed by atoms with Crippen molar-refractivity contribution in [3.05, 3.63) is 53.3 Å². The van der Waals surface area contributed by atoms with Gasteiger partial charge in [-0.3, -0.25) is 4.98 Å². The highest BCUT2D eigenvalue weighted by molar-refractivity contribution is 8.03. The van der Waals surface area contributed by atoms with Crippen LogP contribution in [0.3, 0.4) is 0 Å². The van der Waals surface area contributed by atoms with Gasteiger partial charge in [0.1, 0.15) is 0 Å². The van der Waals surface area contributed by atoms with Gasteiger partial charge in [-0.1, -0.05) is 18.2 Å². The molecule has 1 aliphatic rings. The van der Waals surface area contributed by atoms with Gasteiger partial charge in [0.25, 0.3) is 0 Å². The van der Waals surface area contributed by atoms with Crippen molar-refractivity contribution in [3.63, 3.8) is 0 Å².